The number of nitrogens with one attached hydrogen (secondary N) is 1. The number of amides is 2. The SMILES string of the molecule is CCc1ccc(OCC(=O)N(Cc2ccc(C)cc2)[C@H](C)C(=O)N[C@H](C)CC)cc1. The van der Waals surface area contributed by atoms with E-state index in [9.17, 15) is 9.59 Å². The molecule has 0 radical (unpaired) electrons. The lowest BCUT2D eigenvalue weighted by molar-refractivity contribution is -0.142. The maximum Gasteiger partial charge on any atom is 0.261 e. The van der Waals surface area contributed by atoms with Gasteiger partial charge in [-0.05, 0) is 56.9 Å². The third kappa shape index (κ3) is 6.90. The highest BCUT2D eigenvalue weighted by atomic mass is 16.5. The van der Waals surface area contributed by atoms with E-state index in [0.717, 1.165) is 24.0 Å². The molecule has 2 atom stereocenters. The fourth-order valence-corrected chi connectivity index (χ4v) is 2.99. The van der Waals surface area contributed by atoms with Crippen molar-refractivity contribution in [3.8, 4) is 5.75 Å². The number of nitrogens with zero attached hydrogens (tertiary/aromatic N) is 1. The van der Waals surface area contributed by atoms with Crippen LogP contribution in [0.1, 0.15) is 50.8 Å². The third-order valence-corrected chi connectivity index (χ3v) is 5.34. The van der Waals surface area contributed by atoms with E-state index in [1.54, 1.807) is 11.8 Å². The van der Waals surface area contributed by atoms with Crippen LogP contribution in [0.2, 0.25) is 0 Å². The van der Waals surface area contributed by atoms with Crippen LogP contribution in [0.5, 0.6) is 5.75 Å². The van der Waals surface area contributed by atoms with Crippen molar-refractivity contribution in [3.05, 3.63) is 65.2 Å². The maximum atomic E-state index is 13.0. The van der Waals surface area contributed by atoms with E-state index in [1.807, 2.05) is 69.3 Å². The molecule has 0 bridgehead atoms. The van der Waals surface area contributed by atoms with Crippen LogP contribution in [0, 0.1) is 6.92 Å². The molecule has 0 aliphatic heterocycles. The van der Waals surface area contributed by atoms with E-state index in [-0.39, 0.29) is 24.5 Å². The molecular formula is C25H34N2O3. The second kappa shape index (κ2) is 11.4. The van der Waals surface area contributed by atoms with E-state index in [0.29, 0.717) is 12.3 Å². The molecule has 0 fully saturated rings. The number of hydrogen-bond acceptors (Lipinski definition) is 3. The molecule has 0 unspecified atom stereocenters. The lowest BCUT2D eigenvalue weighted by Crippen LogP contribution is -2.50. The highest BCUT2D eigenvalue weighted by Crippen LogP contribution is 2.15. The average molecular weight is 411 g/mol. The van der Waals surface area contributed by atoms with Crippen molar-refractivity contribution in [3.63, 3.8) is 0 Å². The van der Waals surface area contributed by atoms with Crippen LogP contribution in [0.3, 0.4) is 0 Å². The molecule has 30 heavy (non-hydrogen) atoms. The van der Waals surface area contributed by atoms with Gasteiger partial charge in [-0.3, -0.25) is 9.59 Å². The monoisotopic (exact) mass is 410 g/mol. The van der Waals surface area contributed by atoms with Crippen LogP contribution in [0.4, 0.5) is 0 Å². The topological polar surface area (TPSA) is 58.6 Å². The largest absolute Gasteiger partial charge is 0.484 e. The Morgan fingerprint density at radius 2 is 1.57 bits per heavy atom. The number of ether oxygens (including phenoxy) is 1. The highest BCUT2D eigenvalue weighted by Gasteiger charge is 2.27. The van der Waals surface area contributed by atoms with Crippen molar-refractivity contribution in [2.45, 2.75) is 66.1 Å². The van der Waals surface area contributed by atoms with Gasteiger partial charge in [0.25, 0.3) is 5.91 Å². The Morgan fingerprint density at radius 1 is 0.967 bits per heavy atom. The number of aryl methyl sites for hydroxylation is 2. The number of carbonyl (C=O) groups is 2. The highest BCUT2D eigenvalue weighted by molar-refractivity contribution is 5.88. The van der Waals surface area contributed by atoms with Crippen molar-refractivity contribution < 1.29 is 14.3 Å². The number of hydrogen-bond donors (Lipinski definition) is 1. The summed E-state index contributed by atoms with van der Waals surface area (Å²) in [5, 5.41) is 2.97. The van der Waals surface area contributed by atoms with Crippen molar-refractivity contribution >= 4 is 11.8 Å². The molecule has 1 N–H and O–H groups in total. The second-order valence-corrected chi connectivity index (χ2v) is 7.79. The summed E-state index contributed by atoms with van der Waals surface area (Å²) in [7, 11) is 0. The summed E-state index contributed by atoms with van der Waals surface area (Å²) in [6.45, 7) is 10.1. The van der Waals surface area contributed by atoms with Gasteiger partial charge in [-0.15, -0.1) is 0 Å². The van der Waals surface area contributed by atoms with Gasteiger partial charge in [0.2, 0.25) is 5.91 Å². The first-order valence-electron chi connectivity index (χ1n) is 10.7. The molecule has 0 aliphatic carbocycles. The summed E-state index contributed by atoms with van der Waals surface area (Å²) in [6, 6.07) is 15.2. The molecule has 0 saturated heterocycles. The van der Waals surface area contributed by atoms with Gasteiger partial charge < -0.3 is 15.0 Å². The number of benzene rings is 2. The fourth-order valence-electron chi connectivity index (χ4n) is 2.99. The summed E-state index contributed by atoms with van der Waals surface area (Å²) in [4.78, 5) is 27.3. The smallest absolute Gasteiger partial charge is 0.261 e. The molecule has 0 aromatic heterocycles. The minimum absolute atomic E-state index is 0.0598. The van der Waals surface area contributed by atoms with Gasteiger partial charge in [0.05, 0.1) is 0 Å². The fraction of sp³-hybridized carbons (Fsp3) is 0.440. The van der Waals surface area contributed by atoms with Gasteiger partial charge >= 0.3 is 0 Å². The summed E-state index contributed by atoms with van der Waals surface area (Å²) in [6.07, 6.45) is 1.79. The molecule has 0 heterocycles. The number of rotatable bonds is 10. The molecule has 2 aromatic rings. The first-order valence-corrected chi connectivity index (χ1v) is 10.7. The third-order valence-electron chi connectivity index (χ3n) is 5.34. The first-order chi connectivity index (χ1) is 14.3. The molecule has 0 spiro atoms. The van der Waals surface area contributed by atoms with Gasteiger partial charge in [-0.2, -0.15) is 0 Å². The molecule has 2 rings (SSSR count). The zero-order valence-electron chi connectivity index (χ0n) is 18.8. The lowest BCUT2D eigenvalue weighted by Gasteiger charge is -2.29. The van der Waals surface area contributed by atoms with E-state index in [4.69, 9.17) is 4.74 Å². The Hall–Kier alpha value is -2.82. The predicted molar refractivity (Wildman–Crippen MR) is 120 cm³/mol. The van der Waals surface area contributed by atoms with Gasteiger partial charge in [-0.25, -0.2) is 0 Å². The minimum atomic E-state index is -0.598. The first kappa shape index (κ1) is 23.5. The van der Waals surface area contributed by atoms with Crippen LogP contribution >= 0.6 is 0 Å². The summed E-state index contributed by atoms with van der Waals surface area (Å²) in [5.74, 6) is 0.270. The standard InChI is InChI=1S/C25H34N2O3/c1-6-19(4)26-25(29)20(5)27(16-22-10-8-18(3)9-11-22)24(28)17-30-23-14-12-21(7-2)13-15-23/h8-15,19-20H,6-7,16-17H2,1-5H3,(H,26,29)/t19-,20-/m1/s1. The normalized spacial score (nSPS) is 12.7. The molecule has 2 aromatic carbocycles. The van der Waals surface area contributed by atoms with Gasteiger partial charge in [-0.1, -0.05) is 55.8 Å². The molecule has 162 valence electrons. The minimum Gasteiger partial charge on any atom is -0.484 e. The number of carbonyl (C=O) groups excluding carboxylic acids is 2. The Labute approximate surface area is 180 Å². The predicted octanol–water partition coefficient (Wildman–Crippen LogP) is 4.27. The molecule has 2 amide bonds. The van der Waals surface area contributed by atoms with Crippen LogP contribution in [0.25, 0.3) is 0 Å². The molecule has 5 heteroatoms. The van der Waals surface area contributed by atoms with Crippen LogP contribution < -0.4 is 10.1 Å². The molecular weight excluding hydrogens is 376 g/mol. The Bertz CT molecular complexity index is 815. The lowest BCUT2D eigenvalue weighted by atomic mass is 10.1. The van der Waals surface area contributed by atoms with E-state index < -0.39 is 6.04 Å². The quantitative estimate of drug-likeness (QED) is 0.636. The Kier molecular flexibility index (Phi) is 8.90. The Morgan fingerprint density at radius 3 is 2.13 bits per heavy atom. The summed E-state index contributed by atoms with van der Waals surface area (Å²) in [5.41, 5.74) is 3.34. The zero-order valence-corrected chi connectivity index (χ0v) is 18.8. The second-order valence-electron chi connectivity index (χ2n) is 7.79. The molecule has 0 aliphatic rings. The van der Waals surface area contributed by atoms with Crippen molar-refractivity contribution in [1.82, 2.24) is 10.2 Å². The van der Waals surface area contributed by atoms with E-state index in [1.165, 1.54) is 5.56 Å². The van der Waals surface area contributed by atoms with Crippen LogP contribution in [-0.2, 0) is 22.6 Å². The van der Waals surface area contributed by atoms with E-state index >= 15 is 0 Å². The van der Waals surface area contributed by atoms with Crippen molar-refractivity contribution in [2.24, 2.45) is 0 Å². The van der Waals surface area contributed by atoms with Gasteiger partial charge in [0.1, 0.15) is 11.8 Å². The summed E-state index contributed by atoms with van der Waals surface area (Å²) < 4.78 is 5.71. The molecule has 0 saturated carbocycles. The van der Waals surface area contributed by atoms with Crippen molar-refractivity contribution in [2.75, 3.05) is 6.61 Å². The van der Waals surface area contributed by atoms with Crippen LogP contribution in [-0.4, -0.2) is 35.4 Å². The van der Waals surface area contributed by atoms with Crippen molar-refractivity contribution in [1.29, 1.82) is 0 Å². The zero-order chi connectivity index (χ0) is 22.1. The molecule has 5 nitrogen and oxygen atoms in total. The maximum absolute atomic E-state index is 13.0. The average Bonchev–Trinajstić information content (AvgIpc) is 2.76. The Balaban J connectivity index is 2.12. The summed E-state index contributed by atoms with van der Waals surface area (Å²) >= 11 is 0. The van der Waals surface area contributed by atoms with Crippen LogP contribution in [0.15, 0.2) is 48.5 Å². The van der Waals surface area contributed by atoms with Gasteiger partial charge in [0, 0.05) is 12.6 Å². The van der Waals surface area contributed by atoms with Gasteiger partial charge in [0.15, 0.2) is 6.61 Å². The van der Waals surface area contributed by atoms with E-state index in [2.05, 4.69) is 12.2 Å².